The SMILES string of the molecule is CC(C)(C)c1ccc(C(=O)Nc2ccc(O)cc2N)cc1. The molecule has 0 spiro atoms. The zero-order chi connectivity index (χ0) is 15.6. The quantitative estimate of drug-likeness (QED) is 0.583. The Morgan fingerprint density at radius 3 is 2.24 bits per heavy atom. The number of rotatable bonds is 2. The monoisotopic (exact) mass is 284 g/mol. The molecule has 0 saturated carbocycles. The van der Waals surface area contributed by atoms with Gasteiger partial charge in [0.2, 0.25) is 0 Å². The van der Waals surface area contributed by atoms with Gasteiger partial charge in [-0.1, -0.05) is 32.9 Å². The van der Waals surface area contributed by atoms with E-state index in [2.05, 4.69) is 26.1 Å². The zero-order valence-electron chi connectivity index (χ0n) is 12.5. The molecule has 0 fully saturated rings. The second-order valence-corrected chi connectivity index (χ2v) is 6.05. The molecule has 0 heterocycles. The van der Waals surface area contributed by atoms with Gasteiger partial charge in [-0.05, 0) is 35.2 Å². The third-order valence-electron chi connectivity index (χ3n) is 3.30. The third kappa shape index (κ3) is 3.54. The average Bonchev–Trinajstić information content (AvgIpc) is 2.41. The first kappa shape index (κ1) is 14.9. The predicted molar refractivity (Wildman–Crippen MR) is 85.6 cm³/mol. The Hall–Kier alpha value is -2.49. The van der Waals surface area contributed by atoms with Crippen LogP contribution in [0.2, 0.25) is 0 Å². The molecule has 4 nitrogen and oxygen atoms in total. The number of nitrogens with one attached hydrogen (secondary N) is 1. The summed E-state index contributed by atoms with van der Waals surface area (Å²) < 4.78 is 0. The molecule has 2 aromatic rings. The summed E-state index contributed by atoms with van der Waals surface area (Å²) in [7, 11) is 0. The molecule has 2 aromatic carbocycles. The van der Waals surface area contributed by atoms with Crippen LogP contribution in [0.15, 0.2) is 42.5 Å². The van der Waals surface area contributed by atoms with Crippen molar-refractivity contribution in [2.45, 2.75) is 26.2 Å². The van der Waals surface area contributed by atoms with E-state index in [0.717, 1.165) is 0 Å². The summed E-state index contributed by atoms with van der Waals surface area (Å²) in [6, 6.07) is 12.0. The van der Waals surface area contributed by atoms with E-state index in [-0.39, 0.29) is 17.1 Å². The first-order valence-electron chi connectivity index (χ1n) is 6.78. The number of carbonyl (C=O) groups is 1. The number of nitrogen functional groups attached to an aromatic ring is 1. The third-order valence-corrected chi connectivity index (χ3v) is 3.30. The van der Waals surface area contributed by atoms with Crippen molar-refractivity contribution in [1.82, 2.24) is 0 Å². The molecule has 0 unspecified atom stereocenters. The molecule has 4 heteroatoms. The maximum atomic E-state index is 12.2. The number of phenolic OH excluding ortho intramolecular Hbond substituents is 1. The van der Waals surface area contributed by atoms with Gasteiger partial charge < -0.3 is 16.2 Å². The lowest BCUT2D eigenvalue weighted by Gasteiger charge is -2.19. The highest BCUT2D eigenvalue weighted by molar-refractivity contribution is 6.05. The van der Waals surface area contributed by atoms with Crippen LogP contribution in [0.25, 0.3) is 0 Å². The summed E-state index contributed by atoms with van der Waals surface area (Å²) in [5.41, 5.74) is 8.35. The average molecular weight is 284 g/mol. The van der Waals surface area contributed by atoms with Crippen LogP contribution in [0.4, 0.5) is 11.4 Å². The molecule has 21 heavy (non-hydrogen) atoms. The number of nitrogens with two attached hydrogens (primary N) is 1. The summed E-state index contributed by atoms with van der Waals surface area (Å²) >= 11 is 0. The van der Waals surface area contributed by atoms with Gasteiger partial charge >= 0.3 is 0 Å². The smallest absolute Gasteiger partial charge is 0.255 e. The number of anilines is 2. The Balaban J connectivity index is 2.17. The summed E-state index contributed by atoms with van der Waals surface area (Å²) in [6.45, 7) is 6.37. The van der Waals surface area contributed by atoms with Crippen molar-refractivity contribution in [2.24, 2.45) is 0 Å². The lowest BCUT2D eigenvalue weighted by molar-refractivity contribution is 0.102. The van der Waals surface area contributed by atoms with Crippen LogP contribution in [0.1, 0.15) is 36.7 Å². The molecular formula is C17H20N2O2. The van der Waals surface area contributed by atoms with E-state index in [4.69, 9.17) is 5.73 Å². The molecule has 4 N–H and O–H groups in total. The van der Waals surface area contributed by atoms with E-state index >= 15 is 0 Å². The summed E-state index contributed by atoms with van der Waals surface area (Å²) in [5, 5.41) is 12.0. The number of hydrogen-bond acceptors (Lipinski definition) is 3. The number of carbonyl (C=O) groups excluding carboxylic acids is 1. The van der Waals surface area contributed by atoms with Gasteiger partial charge in [0.05, 0.1) is 11.4 Å². The zero-order valence-corrected chi connectivity index (χ0v) is 12.5. The number of aromatic hydroxyl groups is 1. The molecule has 0 radical (unpaired) electrons. The van der Waals surface area contributed by atoms with Gasteiger partial charge in [0.1, 0.15) is 5.75 Å². The topological polar surface area (TPSA) is 75.3 Å². The predicted octanol–water partition coefficient (Wildman–Crippen LogP) is 3.52. The Bertz CT molecular complexity index is 655. The van der Waals surface area contributed by atoms with Crippen LogP contribution < -0.4 is 11.1 Å². The van der Waals surface area contributed by atoms with Crippen LogP contribution in [0.3, 0.4) is 0 Å². The largest absolute Gasteiger partial charge is 0.508 e. The maximum absolute atomic E-state index is 12.2. The van der Waals surface area contributed by atoms with Crippen molar-refractivity contribution in [3.63, 3.8) is 0 Å². The lowest BCUT2D eigenvalue weighted by atomic mass is 9.87. The Labute approximate surface area is 124 Å². The van der Waals surface area contributed by atoms with E-state index in [9.17, 15) is 9.90 Å². The van der Waals surface area contributed by atoms with Gasteiger partial charge in [0.25, 0.3) is 5.91 Å². The van der Waals surface area contributed by atoms with Crippen molar-refractivity contribution in [2.75, 3.05) is 11.1 Å². The van der Waals surface area contributed by atoms with Gasteiger partial charge in [-0.15, -0.1) is 0 Å². The molecular weight excluding hydrogens is 264 g/mol. The minimum absolute atomic E-state index is 0.0520. The second kappa shape index (κ2) is 5.48. The Kier molecular flexibility index (Phi) is 3.89. The fraction of sp³-hybridized carbons (Fsp3) is 0.235. The second-order valence-electron chi connectivity index (χ2n) is 6.05. The van der Waals surface area contributed by atoms with Gasteiger partial charge in [-0.3, -0.25) is 4.79 Å². The van der Waals surface area contributed by atoms with Gasteiger partial charge in [-0.25, -0.2) is 0 Å². The van der Waals surface area contributed by atoms with Crippen molar-refractivity contribution in [3.8, 4) is 5.75 Å². The number of amides is 1. The van der Waals surface area contributed by atoms with Gasteiger partial charge in [-0.2, -0.15) is 0 Å². The van der Waals surface area contributed by atoms with Gasteiger partial charge in [0, 0.05) is 11.6 Å². The fourth-order valence-corrected chi connectivity index (χ4v) is 1.98. The first-order chi connectivity index (χ1) is 9.77. The van der Waals surface area contributed by atoms with E-state index < -0.39 is 0 Å². The van der Waals surface area contributed by atoms with Gasteiger partial charge in [0.15, 0.2) is 0 Å². The molecule has 0 atom stereocenters. The van der Waals surface area contributed by atoms with E-state index in [1.54, 1.807) is 18.2 Å². The van der Waals surface area contributed by atoms with Crippen LogP contribution >= 0.6 is 0 Å². The summed E-state index contributed by atoms with van der Waals surface area (Å²) in [5.74, 6) is -0.159. The van der Waals surface area contributed by atoms with Crippen LogP contribution in [0.5, 0.6) is 5.75 Å². The summed E-state index contributed by atoms with van der Waals surface area (Å²) in [6.07, 6.45) is 0. The summed E-state index contributed by atoms with van der Waals surface area (Å²) in [4.78, 5) is 12.2. The van der Waals surface area contributed by atoms with E-state index in [1.807, 2.05) is 12.1 Å². The van der Waals surface area contributed by atoms with E-state index in [0.29, 0.717) is 16.9 Å². The maximum Gasteiger partial charge on any atom is 0.255 e. The van der Waals surface area contributed by atoms with Crippen LogP contribution in [-0.2, 0) is 5.41 Å². The molecule has 0 aliphatic rings. The van der Waals surface area contributed by atoms with Crippen molar-refractivity contribution >= 4 is 17.3 Å². The Morgan fingerprint density at radius 1 is 1.10 bits per heavy atom. The highest BCUT2D eigenvalue weighted by Gasteiger charge is 2.14. The normalized spacial score (nSPS) is 11.2. The molecule has 0 aliphatic heterocycles. The van der Waals surface area contributed by atoms with Crippen molar-refractivity contribution in [3.05, 3.63) is 53.6 Å². The molecule has 0 bridgehead atoms. The molecule has 0 aromatic heterocycles. The minimum atomic E-state index is -0.229. The highest BCUT2D eigenvalue weighted by atomic mass is 16.3. The molecule has 2 rings (SSSR count). The van der Waals surface area contributed by atoms with E-state index in [1.165, 1.54) is 17.7 Å². The van der Waals surface area contributed by atoms with Crippen LogP contribution in [0, 0.1) is 0 Å². The molecule has 0 saturated heterocycles. The first-order valence-corrected chi connectivity index (χ1v) is 6.78. The van der Waals surface area contributed by atoms with Crippen molar-refractivity contribution in [1.29, 1.82) is 0 Å². The molecule has 110 valence electrons. The minimum Gasteiger partial charge on any atom is -0.508 e. The lowest BCUT2D eigenvalue weighted by Crippen LogP contribution is -2.15. The molecule has 0 aliphatic carbocycles. The highest BCUT2D eigenvalue weighted by Crippen LogP contribution is 2.25. The Morgan fingerprint density at radius 2 is 1.71 bits per heavy atom. The fourth-order valence-electron chi connectivity index (χ4n) is 1.98. The standard InChI is InChI=1S/C17H20N2O2/c1-17(2,3)12-6-4-11(5-7-12)16(21)19-15-9-8-13(20)10-14(15)18/h4-10,20H,18H2,1-3H3,(H,19,21). The number of hydrogen-bond donors (Lipinski definition) is 3. The van der Waals surface area contributed by atoms with Crippen molar-refractivity contribution < 1.29 is 9.90 Å². The number of phenols is 1. The molecule has 1 amide bonds. The number of benzene rings is 2. The van der Waals surface area contributed by atoms with Crippen LogP contribution in [-0.4, -0.2) is 11.0 Å².